The topological polar surface area (TPSA) is 495 Å². The molecule has 2 saturated heterocycles. The fraction of sp³-hybridized carbons (Fsp3) is 0.500. The van der Waals surface area contributed by atoms with E-state index in [-0.39, 0.29) is 34.0 Å². The molecule has 4 aromatic rings. The summed E-state index contributed by atoms with van der Waals surface area (Å²) in [5, 5.41) is 42.9. The highest BCUT2D eigenvalue weighted by Gasteiger charge is 2.49. The van der Waals surface area contributed by atoms with Crippen LogP contribution in [0.25, 0.3) is 22.3 Å². The van der Waals surface area contributed by atoms with Gasteiger partial charge >= 0.3 is 7.82 Å². The minimum atomic E-state index is -6.88. The number of phosphoric ester groups is 1. The third kappa shape index (κ3) is 9.80. The van der Waals surface area contributed by atoms with Crippen molar-refractivity contribution in [3.05, 3.63) is 25.3 Å². The molecule has 11 atom stereocenters. The number of nitrogens with zero attached hydrogens (tertiary/aromatic N) is 8. The third-order valence-corrected chi connectivity index (χ3v) is 14.9. The molecule has 57 heavy (non-hydrogen) atoms. The molecule has 0 bridgehead atoms. The van der Waals surface area contributed by atoms with E-state index in [0.717, 1.165) is 34.4 Å². The van der Waals surface area contributed by atoms with Crippen LogP contribution in [-0.4, -0.2) is 109 Å². The Morgan fingerprint density at radius 2 is 0.982 bits per heavy atom. The van der Waals surface area contributed by atoms with Crippen molar-refractivity contribution < 1.29 is 103 Å². The van der Waals surface area contributed by atoms with Crippen LogP contribution >= 0.6 is 39.1 Å². The molecule has 0 amide bonds. The van der Waals surface area contributed by atoms with Gasteiger partial charge in [-0.3, -0.25) is 36.2 Å². The van der Waals surface area contributed by atoms with Crippen LogP contribution in [0.1, 0.15) is 12.5 Å². The molecule has 7 unspecified atom stereocenters. The van der Waals surface area contributed by atoms with Gasteiger partial charge in [0.25, 0.3) is 23.5 Å². The maximum absolute atomic E-state index is 13.8. The zero-order chi connectivity index (χ0) is 41.9. The predicted molar refractivity (Wildman–Crippen MR) is 166 cm³/mol. The average molecular weight is 911 g/mol. The summed E-state index contributed by atoms with van der Waals surface area (Å²) in [6.45, 7) is -2.51. The molecule has 8 N–H and O–H groups in total. The fourth-order valence-electron chi connectivity index (χ4n) is 5.25. The number of nitrogen functional groups attached to an aromatic ring is 2. The van der Waals surface area contributed by atoms with Crippen molar-refractivity contribution in [3.63, 3.8) is 0 Å². The van der Waals surface area contributed by atoms with Crippen LogP contribution < -0.4 is 35.9 Å². The molecule has 2 aliphatic heterocycles. The Kier molecular flexibility index (Phi) is 12.3. The van der Waals surface area contributed by atoms with Crippen LogP contribution in [0.4, 0.5) is 11.6 Å². The number of aliphatic hydroxyl groups excluding tert-OH is 4. The van der Waals surface area contributed by atoms with Crippen LogP contribution in [-0.2, 0) is 58.6 Å². The van der Waals surface area contributed by atoms with Crippen molar-refractivity contribution in [2.45, 2.75) is 49.1 Å². The monoisotopic (exact) mass is 911 g/mol. The highest BCUT2D eigenvalue weighted by Crippen LogP contribution is 2.70. The van der Waals surface area contributed by atoms with E-state index in [1.165, 1.54) is 0 Å². The molecule has 0 aliphatic carbocycles. The number of imidazole rings is 2. The SMILES string of the molecule is Nc1ncnc2c1ncn2[C@@H]1O[C@H](COP(=O)(OC[C@H]2O[C@@H](n3cnc4c(N)ncnc43)C(O)C2O)OP(=O)([O-])OP(=O)([O-])OP(=O)([O-])OP(=O)([O-])[O-])C(O)C1O. The first-order valence-corrected chi connectivity index (χ1v) is 22.3. The second kappa shape index (κ2) is 16.0. The molecule has 316 valence electrons. The lowest BCUT2D eigenvalue weighted by Gasteiger charge is -2.38. The van der Waals surface area contributed by atoms with Crippen molar-refractivity contribution in [1.29, 1.82) is 0 Å². The molecular weight excluding hydrogens is 887 g/mol. The quantitative estimate of drug-likeness (QED) is 0.0571. The Morgan fingerprint density at radius 1 is 0.596 bits per heavy atom. The number of hydrogen-bond donors (Lipinski definition) is 6. The summed E-state index contributed by atoms with van der Waals surface area (Å²) < 4.78 is 97.8. The van der Waals surface area contributed by atoms with Gasteiger partial charge in [0.1, 0.15) is 60.3 Å². The van der Waals surface area contributed by atoms with Crippen molar-refractivity contribution >= 4 is 73.1 Å². The molecule has 0 radical (unpaired) electrons. The minimum absolute atomic E-state index is 0.00271. The number of hydrogen-bond acceptors (Lipinski definition) is 30. The number of ether oxygens (including phenoxy) is 2. The predicted octanol–water partition coefficient (Wildman–Crippen LogP) is -5.49. The van der Waals surface area contributed by atoms with Gasteiger partial charge < -0.3 is 70.4 Å². The second-order valence-corrected chi connectivity index (χ2v) is 19.0. The van der Waals surface area contributed by atoms with E-state index < -0.39 is 101 Å². The molecule has 6 rings (SSSR count). The number of aliphatic hydroxyl groups is 4. The second-order valence-electron chi connectivity index (χ2n) is 11.4. The summed E-state index contributed by atoms with van der Waals surface area (Å²) in [6, 6.07) is 0. The summed E-state index contributed by atoms with van der Waals surface area (Å²) >= 11 is 0. The lowest BCUT2D eigenvalue weighted by atomic mass is 10.1. The molecule has 2 aliphatic rings. The van der Waals surface area contributed by atoms with Crippen LogP contribution in [0.15, 0.2) is 25.3 Å². The van der Waals surface area contributed by atoms with E-state index >= 15 is 0 Å². The van der Waals surface area contributed by atoms with Gasteiger partial charge in [-0.15, -0.1) is 0 Å². The summed E-state index contributed by atoms with van der Waals surface area (Å²) in [5.41, 5.74) is 11.6. The van der Waals surface area contributed by atoms with Crippen LogP contribution in [0, 0.1) is 0 Å². The van der Waals surface area contributed by atoms with Crippen LogP contribution in [0.3, 0.4) is 0 Å². The maximum atomic E-state index is 13.8. The number of fused-ring (bicyclic) bond motifs is 2. The summed E-state index contributed by atoms with van der Waals surface area (Å²) in [7, 11) is -32.8. The Balaban J connectivity index is 1.21. The Bertz CT molecular complexity index is 2270. The first kappa shape index (κ1) is 43.7. The number of aromatic nitrogens is 8. The van der Waals surface area contributed by atoms with E-state index in [4.69, 9.17) is 30.0 Å². The summed E-state index contributed by atoms with van der Waals surface area (Å²) in [4.78, 5) is 80.9. The van der Waals surface area contributed by atoms with Gasteiger partial charge in [0.15, 0.2) is 35.4 Å². The van der Waals surface area contributed by atoms with Crippen molar-refractivity contribution in [1.82, 2.24) is 39.0 Å². The normalized spacial score (nSPS) is 29.9. The first-order valence-electron chi connectivity index (χ1n) is 15.0. The molecule has 0 spiro atoms. The molecule has 32 nitrogen and oxygen atoms in total. The third-order valence-electron chi connectivity index (χ3n) is 7.59. The Hall–Kier alpha value is -2.83. The Morgan fingerprint density at radius 3 is 1.39 bits per heavy atom. The smallest absolute Gasteiger partial charge is 0.481 e. The molecule has 37 heteroatoms. The standard InChI is InChI=1S/C20H29N10O22P5/c21-15-9-17(25-3-23-15)29(5-27-9)19-13(33)11(31)7(47-19)1-45-57(44,52-56(42,43)51-55(40,41)50-54(38,39)49-53(35,36)37)46-2-8-12(32)14(34)20(48-8)30-6-28-10-16(22)24-4-26-18(10)30/h3-8,11-14,19-20,31-34H,1-2H2,(H,38,39)(H,40,41)(H,42,43)(H2,21,23,25)(H2,22,24,26)(H2,35,36,37)/p-5/t7-,8-,11?,12?,13?,14?,19-,20-,57?/m1/s1. The van der Waals surface area contributed by atoms with E-state index in [1.54, 1.807) is 0 Å². The molecule has 6 heterocycles. The summed E-state index contributed by atoms with van der Waals surface area (Å²) in [5.74, 6) is -0.152. The number of nitrogens with two attached hydrogens (primary N) is 2. The first-order chi connectivity index (χ1) is 26.4. The van der Waals surface area contributed by atoms with Gasteiger partial charge in [0, 0.05) is 0 Å². The van der Waals surface area contributed by atoms with E-state index in [9.17, 15) is 67.7 Å². The highest BCUT2D eigenvalue weighted by atomic mass is 31.3. The fourth-order valence-corrected chi connectivity index (χ4v) is 11.4. The molecule has 0 saturated carbocycles. The lowest BCUT2D eigenvalue weighted by Crippen LogP contribution is -2.34. The number of phosphoric acid groups is 5. The molecule has 2 fully saturated rings. The largest absolute Gasteiger partial charge is 0.790 e. The van der Waals surface area contributed by atoms with E-state index in [2.05, 4.69) is 47.1 Å². The average Bonchev–Trinajstić information content (AvgIpc) is 3.83. The van der Waals surface area contributed by atoms with Gasteiger partial charge in [0.2, 0.25) is 0 Å². The molecule has 4 aromatic heterocycles. The Labute approximate surface area is 314 Å². The van der Waals surface area contributed by atoms with E-state index in [0.29, 0.717) is 0 Å². The van der Waals surface area contributed by atoms with Gasteiger partial charge in [-0.1, -0.05) is 0 Å². The number of anilines is 2. The van der Waals surface area contributed by atoms with Gasteiger partial charge in [-0.2, -0.15) is 0 Å². The van der Waals surface area contributed by atoms with Gasteiger partial charge in [0.05, 0.1) is 33.7 Å². The zero-order valence-electron chi connectivity index (χ0n) is 27.4. The van der Waals surface area contributed by atoms with E-state index in [1.807, 2.05) is 0 Å². The number of rotatable bonds is 16. The van der Waals surface area contributed by atoms with Crippen molar-refractivity contribution in [3.8, 4) is 0 Å². The zero-order valence-corrected chi connectivity index (χ0v) is 31.9. The summed E-state index contributed by atoms with van der Waals surface area (Å²) in [6.07, 6.45) is -9.93. The maximum Gasteiger partial charge on any atom is 0.481 e. The van der Waals surface area contributed by atoms with Gasteiger partial charge in [-0.05, 0) is 0 Å². The van der Waals surface area contributed by atoms with Crippen LogP contribution in [0.2, 0.25) is 0 Å². The van der Waals surface area contributed by atoms with Crippen LogP contribution in [0.5, 0.6) is 0 Å². The lowest BCUT2D eigenvalue weighted by molar-refractivity contribution is -0.339. The van der Waals surface area contributed by atoms with Crippen molar-refractivity contribution in [2.75, 3.05) is 24.7 Å². The minimum Gasteiger partial charge on any atom is -0.790 e. The van der Waals surface area contributed by atoms with Gasteiger partial charge in [-0.25, -0.2) is 47.4 Å². The van der Waals surface area contributed by atoms with Crippen molar-refractivity contribution in [2.24, 2.45) is 0 Å². The molecular formula is C20H24N10O22P5-5. The molecule has 0 aromatic carbocycles. The highest BCUT2D eigenvalue weighted by molar-refractivity contribution is 7.70.